The number of aromatic nitrogens is 3. The summed E-state index contributed by atoms with van der Waals surface area (Å²) in [5.74, 6) is 1.45. The van der Waals surface area contributed by atoms with Gasteiger partial charge in [-0.2, -0.15) is 5.10 Å². The smallest absolute Gasteiger partial charge is 0.152 e. The summed E-state index contributed by atoms with van der Waals surface area (Å²) in [6.45, 7) is 11.0. The van der Waals surface area contributed by atoms with Crippen molar-refractivity contribution in [3.63, 3.8) is 0 Å². The third kappa shape index (κ3) is 4.27. The minimum absolute atomic E-state index is 0.176. The highest BCUT2D eigenvalue weighted by atomic mass is 16.5. The molecule has 0 amide bonds. The van der Waals surface area contributed by atoms with Gasteiger partial charge in [0.05, 0.1) is 5.60 Å². The molecule has 1 saturated carbocycles. The molecule has 0 spiro atoms. The van der Waals surface area contributed by atoms with Crippen LogP contribution in [0.25, 0.3) is 0 Å². The lowest BCUT2D eigenvalue weighted by Gasteiger charge is -2.42. The molecule has 5 heteroatoms. The molecule has 120 valence electrons. The Morgan fingerprint density at radius 2 is 1.95 bits per heavy atom. The number of rotatable bonds is 6. The summed E-state index contributed by atoms with van der Waals surface area (Å²) in [6.07, 6.45) is 6.02. The third-order valence-electron chi connectivity index (χ3n) is 4.63. The van der Waals surface area contributed by atoms with Gasteiger partial charge in [-0.15, -0.1) is 0 Å². The van der Waals surface area contributed by atoms with Gasteiger partial charge in [0.1, 0.15) is 12.9 Å². The highest BCUT2D eigenvalue weighted by Gasteiger charge is 2.38. The lowest BCUT2D eigenvalue weighted by atomic mass is 9.71. The van der Waals surface area contributed by atoms with Gasteiger partial charge in [0.2, 0.25) is 0 Å². The van der Waals surface area contributed by atoms with Gasteiger partial charge in [0, 0.05) is 13.1 Å². The van der Waals surface area contributed by atoms with Crippen LogP contribution in [0.1, 0.15) is 59.2 Å². The van der Waals surface area contributed by atoms with Crippen molar-refractivity contribution in [1.82, 2.24) is 14.8 Å². The van der Waals surface area contributed by atoms with E-state index in [-0.39, 0.29) is 5.60 Å². The maximum atomic E-state index is 6.23. The van der Waals surface area contributed by atoms with Gasteiger partial charge < -0.3 is 10.5 Å². The third-order valence-corrected chi connectivity index (χ3v) is 4.63. The molecule has 1 aliphatic carbocycles. The molecule has 1 heterocycles. The molecule has 0 saturated heterocycles. The molecular formula is C16H30N4O. The Balaban J connectivity index is 1.96. The quantitative estimate of drug-likeness (QED) is 0.876. The molecule has 0 atom stereocenters. The molecule has 2 N–H and O–H groups in total. The van der Waals surface area contributed by atoms with E-state index < -0.39 is 0 Å². The lowest BCUT2D eigenvalue weighted by Crippen LogP contribution is -2.45. The summed E-state index contributed by atoms with van der Waals surface area (Å²) in [6, 6.07) is 0. The van der Waals surface area contributed by atoms with E-state index in [0.717, 1.165) is 25.2 Å². The minimum atomic E-state index is -0.176. The van der Waals surface area contributed by atoms with E-state index in [1.54, 1.807) is 6.33 Å². The van der Waals surface area contributed by atoms with Gasteiger partial charge in [-0.25, -0.2) is 9.67 Å². The van der Waals surface area contributed by atoms with E-state index >= 15 is 0 Å². The predicted octanol–water partition coefficient (Wildman–Crippen LogP) is 2.75. The van der Waals surface area contributed by atoms with Crippen LogP contribution in [0.5, 0.6) is 0 Å². The SMILES string of the molecule is CC(C)Cn1ncnc1COC1(CN)CCC(C)(C)CC1. The summed E-state index contributed by atoms with van der Waals surface area (Å²) in [7, 11) is 0. The number of ether oxygens (including phenoxy) is 1. The zero-order valence-corrected chi connectivity index (χ0v) is 13.9. The molecule has 1 aromatic rings. The van der Waals surface area contributed by atoms with E-state index in [1.807, 2.05) is 4.68 Å². The second-order valence-corrected chi connectivity index (χ2v) is 7.59. The second kappa shape index (κ2) is 6.44. The van der Waals surface area contributed by atoms with E-state index in [0.29, 0.717) is 24.5 Å². The number of nitrogens with two attached hydrogens (primary N) is 1. The summed E-state index contributed by atoms with van der Waals surface area (Å²) in [4.78, 5) is 4.33. The van der Waals surface area contributed by atoms with Crippen LogP contribution in [-0.2, 0) is 17.9 Å². The Bertz CT molecular complexity index is 443. The Morgan fingerprint density at radius 1 is 1.29 bits per heavy atom. The van der Waals surface area contributed by atoms with Gasteiger partial charge in [0.15, 0.2) is 5.82 Å². The average molecular weight is 294 g/mol. The van der Waals surface area contributed by atoms with Crippen LogP contribution >= 0.6 is 0 Å². The molecule has 5 nitrogen and oxygen atoms in total. The fraction of sp³-hybridized carbons (Fsp3) is 0.875. The van der Waals surface area contributed by atoms with Gasteiger partial charge in [-0.3, -0.25) is 0 Å². The number of hydrogen-bond acceptors (Lipinski definition) is 4. The van der Waals surface area contributed by atoms with Crippen molar-refractivity contribution in [2.45, 2.75) is 72.1 Å². The van der Waals surface area contributed by atoms with E-state index in [1.165, 1.54) is 12.8 Å². The van der Waals surface area contributed by atoms with Crippen molar-refractivity contribution >= 4 is 0 Å². The van der Waals surface area contributed by atoms with Crippen molar-refractivity contribution < 1.29 is 4.74 Å². The fourth-order valence-corrected chi connectivity index (χ4v) is 2.91. The van der Waals surface area contributed by atoms with Crippen molar-refractivity contribution in [3.8, 4) is 0 Å². The molecule has 1 aromatic heterocycles. The maximum absolute atomic E-state index is 6.23. The molecular weight excluding hydrogens is 264 g/mol. The van der Waals surface area contributed by atoms with Crippen LogP contribution in [0, 0.1) is 11.3 Å². The number of hydrogen-bond donors (Lipinski definition) is 1. The first-order chi connectivity index (χ1) is 9.86. The van der Waals surface area contributed by atoms with Gasteiger partial charge in [-0.05, 0) is 37.0 Å². The molecule has 0 radical (unpaired) electrons. The molecule has 2 rings (SSSR count). The molecule has 21 heavy (non-hydrogen) atoms. The van der Waals surface area contributed by atoms with Crippen LogP contribution in [0.3, 0.4) is 0 Å². The average Bonchev–Trinajstić information content (AvgIpc) is 2.85. The van der Waals surface area contributed by atoms with Gasteiger partial charge >= 0.3 is 0 Å². The topological polar surface area (TPSA) is 66.0 Å². The monoisotopic (exact) mass is 294 g/mol. The van der Waals surface area contributed by atoms with Crippen molar-refractivity contribution in [3.05, 3.63) is 12.2 Å². The van der Waals surface area contributed by atoms with Crippen LogP contribution in [-0.4, -0.2) is 26.9 Å². The van der Waals surface area contributed by atoms with Crippen LogP contribution in [0.2, 0.25) is 0 Å². The van der Waals surface area contributed by atoms with Crippen molar-refractivity contribution in [2.24, 2.45) is 17.1 Å². The second-order valence-electron chi connectivity index (χ2n) is 7.59. The van der Waals surface area contributed by atoms with E-state index in [4.69, 9.17) is 10.5 Å². The summed E-state index contributed by atoms with van der Waals surface area (Å²) in [5.41, 5.74) is 6.26. The molecule has 0 unspecified atom stereocenters. The maximum Gasteiger partial charge on any atom is 0.152 e. The standard InChI is InChI=1S/C16H30N4O/c1-13(2)9-20-14(18-12-19-20)10-21-16(11-17)7-5-15(3,4)6-8-16/h12-13H,5-11,17H2,1-4H3. The normalized spacial score (nSPS) is 20.9. The first-order valence-corrected chi connectivity index (χ1v) is 8.07. The Labute approximate surface area is 128 Å². The minimum Gasteiger partial charge on any atom is -0.366 e. The highest BCUT2D eigenvalue weighted by Crippen LogP contribution is 2.41. The Hall–Kier alpha value is -0.940. The van der Waals surface area contributed by atoms with Crippen LogP contribution in [0.4, 0.5) is 0 Å². The fourth-order valence-electron chi connectivity index (χ4n) is 2.91. The van der Waals surface area contributed by atoms with Crippen molar-refractivity contribution in [1.29, 1.82) is 0 Å². The van der Waals surface area contributed by atoms with Crippen LogP contribution < -0.4 is 5.73 Å². The molecule has 0 bridgehead atoms. The first-order valence-electron chi connectivity index (χ1n) is 8.07. The molecule has 1 aliphatic rings. The zero-order valence-electron chi connectivity index (χ0n) is 13.9. The van der Waals surface area contributed by atoms with E-state index in [2.05, 4.69) is 37.8 Å². The highest BCUT2D eigenvalue weighted by molar-refractivity contribution is 4.93. The summed E-state index contributed by atoms with van der Waals surface area (Å²) < 4.78 is 8.18. The largest absolute Gasteiger partial charge is 0.366 e. The zero-order chi connectivity index (χ0) is 15.5. The lowest BCUT2D eigenvalue weighted by molar-refractivity contribution is -0.0933. The van der Waals surface area contributed by atoms with Gasteiger partial charge in [-0.1, -0.05) is 27.7 Å². The molecule has 1 fully saturated rings. The van der Waals surface area contributed by atoms with Gasteiger partial charge in [0.25, 0.3) is 0 Å². The molecule has 0 aromatic carbocycles. The van der Waals surface area contributed by atoms with Crippen molar-refractivity contribution in [2.75, 3.05) is 6.54 Å². The molecule has 0 aliphatic heterocycles. The first kappa shape index (κ1) is 16.4. The van der Waals surface area contributed by atoms with E-state index in [9.17, 15) is 0 Å². The summed E-state index contributed by atoms with van der Waals surface area (Å²) in [5, 5.41) is 4.29. The van der Waals surface area contributed by atoms with Crippen LogP contribution in [0.15, 0.2) is 6.33 Å². The summed E-state index contributed by atoms with van der Waals surface area (Å²) >= 11 is 0. The number of nitrogens with zero attached hydrogens (tertiary/aromatic N) is 3. The Morgan fingerprint density at radius 3 is 2.52 bits per heavy atom. The Kier molecular flexibility index (Phi) is 5.04. The predicted molar refractivity (Wildman–Crippen MR) is 83.7 cm³/mol.